The molecule has 0 aliphatic heterocycles. The molecule has 1 aromatic carbocycles. The molecule has 0 saturated heterocycles. The molecule has 0 unspecified atom stereocenters. The average molecular weight is 208 g/mol. The first-order valence-corrected chi connectivity index (χ1v) is 4.99. The summed E-state index contributed by atoms with van der Waals surface area (Å²) in [5.41, 5.74) is 7.41. The van der Waals surface area contributed by atoms with Gasteiger partial charge < -0.3 is 15.8 Å². The van der Waals surface area contributed by atoms with Gasteiger partial charge in [0, 0.05) is 17.9 Å². The molecule has 15 heavy (non-hydrogen) atoms. The highest BCUT2D eigenvalue weighted by Crippen LogP contribution is 2.18. The van der Waals surface area contributed by atoms with Gasteiger partial charge in [0.2, 0.25) is 0 Å². The van der Waals surface area contributed by atoms with Gasteiger partial charge in [-0.05, 0) is 32.0 Å². The van der Waals surface area contributed by atoms with Crippen LogP contribution in [0.1, 0.15) is 24.2 Å². The first kappa shape index (κ1) is 11.4. The van der Waals surface area contributed by atoms with Crippen molar-refractivity contribution in [2.24, 2.45) is 0 Å². The van der Waals surface area contributed by atoms with Crippen LogP contribution in [0.5, 0.6) is 0 Å². The van der Waals surface area contributed by atoms with Gasteiger partial charge in [-0.2, -0.15) is 0 Å². The van der Waals surface area contributed by atoms with Crippen molar-refractivity contribution in [1.29, 1.82) is 0 Å². The smallest absolute Gasteiger partial charge is 0.340 e. The standard InChI is InChI=1S/C11H16N2O2/c1-3-13-8-5-6-10(12)9(7-8)11(14)15-4-2/h5-7,13H,3-4,12H2,1-2H3. The minimum Gasteiger partial charge on any atom is -0.462 e. The number of carbonyl (C=O) groups excluding carboxylic acids is 1. The van der Waals surface area contributed by atoms with Crippen LogP contribution in [0.3, 0.4) is 0 Å². The first-order chi connectivity index (χ1) is 7.19. The number of esters is 1. The molecule has 0 radical (unpaired) electrons. The summed E-state index contributed by atoms with van der Waals surface area (Å²) in [5.74, 6) is -0.380. The zero-order valence-corrected chi connectivity index (χ0v) is 9.04. The summed E-state index contributed by atoms with van der Waals surface area (Å²) in [7, 11) is 0. The molecule has 0 bridgehead atoms. The van der Waals surface area contributed by atoms with E-state index in [1.54, 1.807) is 19.1 Å². The fraction of sp³-hybridized carbons (Fsp3) is 0.364. The quantitative estimate of drug-likeness (QED) is 0.585. The van der Waals surface area contributed by atoms with Gasteiger partial charge in [-0.25, -0.2) is 4.79 Å². The fourth-order valence-electron chi connectivity index (χ4n) is 1.26. The molecule has 4 nitrogen and oxygen atoms in total. The molecule has 82 valence electrons. The molecule has 0 aliphatic carbocycles. The molecule has 0 amide bonds. The van der Waals surface area contributed by atoms with E-state index in [1.807, 2.05) is 13.0 Å². The Bertz CT molecular complexity index is 350. The predicted octanol–water partition coefficient (Wildman–Crippen LogP) is 1.88. The van der Waals surface area contributed by atoms with E-state index in [2.05, 4.69) is 5.32 Å². The SMILES string of the molecule is CCNc1ccc(N)c(C(=O)OCC)c1. The van der Waals surface area contributed by atoms with Crippen molar-refractivity contribution in [2.75, 3.05) is 24.2 Å². The molecule has 0 heterocycles. The third-order valence-electron chi connectivity index (χ3n) is 1.93. The number of nitrogens with one attached hydrogen (secondary N) is 1. The number of nitrogen functional groups attached to an aromatic ring is 1. The van der Waals surface area contributed by atoms with E-state index in [9.17, 15) is 4.79 Å². The molecule has 1 rings (SSSR count). The van der Waals surface area contributed by atoms with E-state index in [-0.39, 0.29) is 5.97 Å². The van der Waals surface area contributed by atoms with E-state index in [4.69, 9.17) is 10.5 Å². The molecule has 0 spiro atoms. The largest absolute Gasteiger partial charge is 0.462 e. The monoisotopic (exact) mass is 208 g/mol. The van der Waals surface area contributed by atoms with Gasteiger partial charge in [0.15, 0.2) is 0 Å². The lowest BCUT2D eigenvalue weighted by atomic mass is 10.1. The average Bonchev–Trinajstić information content (AvgIpc) is 2.21. The summed E-state index contributed by atoms with van der Waals surface area (Å²) in [5, 5.41) is 3.11. The number of carbonyl (C=O) groups is 1. The maximum atomic E-state index is 11.5. The Kier molecular flexibility index (Phi) is 3.97. The molecular formula is C11H16N2O2. The van der Waals surface area contributed by atoms with Gasteiger partial charge in [-0.15, -0.1) is 0 Å². The minimum absolute atomic E-state index is 0.351. The van der Waals surface area contributed by atoms with Crippen molar-refractivity contribution in [3.05, 3.63) is 23.8 Å². The topological polar surface area (TPSA) is 64.3 Å². The second-order valence-electron chi connectivity index (χ2n) is 3.05. The number of hydrogen-bond donors (Lipinski definition) is 2. The lowest BCUT2D eigenvalue weighted by Crippen LogP contribution is -2.09. The van der Waals surface area contributed by atoms with Crippen molar-refractivity contribution >= 4 is 17.3 Å². The van der Waals surface area contributed by atoms with Crippen LogP contribution in [-0.2, 0) is 4.74 Å². The van der Waals surface area contributed by atoms with Crippen molar-refractivity contribution in [3.63, 3.8) is 0 Å². The summed E-state index contributed by atoms with van der Waals surface area (Å²) in [6.07, 6.45) is 0. The summed E-state index contributed by atoms with van der Waals surface area (Å²) in [4.78, 5) is 11.5. The number of benzene rings is 1. The van der Waals surface area contributed by atoms with Crippen LogP contribution in [-0.4, -0.2) is 19.1 Å². The van der Waals surface area contributed by atoms with E-state index < -0.39 is 0 Å². The fourth-order valence-corrected chi connectivity index (χ4v) is 1.26. The highest BCUT2D eigenvalue weighted by molar-refractivity contribution is 5.96. The van der Waals surface area contributed by atoms with Crippen molar-refractivity contribution in [1.82, 2.24) is 0 Å². The van der Waals surface area contributed by atoms with E-state index in [1.165, 1.54) is 0 Å². The van der Waals surface area contributed by atoms with Crippen LogP contribution in [0.4, 0.5) is 11.4 Å². The van der Waals surface area contributed by atoms with Gasteiger partial charge >= 0.3 is 5.97 Å². The molecule has 4 heteroatoms. The summed E-state index contributed by atoms with van der Waals surface area (Å²) in [6.45, 7) is 4.90. The Morgan fingerprint density at radius 1 is 1.47 bits per heavy atom. The highest BCUT2D eigenvalue weighted by atomic mass is 16.5. The lowest BCUT2D eigenvalue weighted by Gasteiger charge is -2.08. The summed E-state index contributed by atoms with van der Waals surface area (Å²) in [6, 6.07) is 5.24. The highest BCUT2D eigenvalue weighted by Gasteiger charge is 2.10. The third kappa shape index (κ3) is 2.87. The Labute approximate surface area is 89.4 Å². The van der Waals surface area contributed by atoms with Crippen LogP contribution in [0, 0.1) is 0 Å². The predicted molar refractivity (Wildman–Crippen MR) is 61.0 cm³/mol. The second-order valence-corrected chi connectivity index (χ2v) is 3.05. The van der Waals surface area contributed by atoms with Crippen LogP contribution in [0.15, 0.2) is 18.2 Å². The van der Waals surface area contributed by atoms with Crippen LogP contribution in [0.25, 0.3) is 0 Å². The number of nitrogens with two attached hydrogens (primary N) is 1. The Balaban J connectivity index is 2.94. The molecular weight excluding hydrogens is 192 g/mol. The number of hydrogen-bond acceptors (Lipinski definition) is 4. The molecule has 0 fully saturated rings. The van der Waals surface area contributed by atoms with Crippen LogP contribution in [0.2, 0.25) is 0 Å². The van der Waals surface area contributed by atoms with E-state index in [0.717, 1.165) is 12.2 Å². The summed E-state index contributed by atoms with van der Waals surface area (Å²) >= 11 is 0. The maximum absolute atomic E-state index is 11.5. The molecule has 3 N–H and O–H groups in total. The number of anilines is 2. The molecule has 0 aliphatic rings. The Morgan fingerprint density at radius 2 is 2.20 bits per heavy atom. The Hall–Kier alpha value is -1.71. The van der Waals surface area contributed by atoms with Gasteiger partial charge in [0.25, 0.3) is 0 Å². The van der Waals surface area contributed by atoms with Gasteiger partial charge in [-0.1, -0.05) is 0 Å². The van der Waals surface area contributed by atoms with Crippen LogP contribution < -0.4 is 11.1 Å². The zero-order valence-electron chi connectivity index (χ0n) is 9.04. The number of rotatable bonds is 4. The van der Waals surface area contributed by atoms with Crippen LogP contribution >= 0.6 is 0 Å². The van der Waals surface area contributed by atoms with Crippen molar-refractivity contribution in [2.45, 2.75) is 13.8 Å². The van der Waals surface area contributed by atoms with E-state index in [0.29, 0.717) is 17.9 Å². The molecule has 0 aromatic heterocycles. The zero-order chi connectivity index (χ0) is 11.3. The maximum Gasteiger partial charge on any atom is 0.340 e. The van der Waals surface area contributed by atoms with Crippen molar-refractivity contribution in [3.8, 4) is 0 Å². The van der Waals surface area contributed by atoms with Gasteiger partial charge in [0.05, 0.1) is 12.2 Å². The lowest BCUT2D eigenvalue weighted by molar-refractivity contribution is 0.0527. The molecule has 1 aromatic rings. The summed E-state index contributed by atoms with van der Waals surface area (Å²) < 4.78 is 4.90. The van der Waals surface area contributed by atoms with Crippen molar-refractivity contribution < 1.29 is 9.53 Å². The molecule has 0 saturated carbocycles. The van der Waals surface area contributed by atoms with Gasteiger partial charge in [-0.3, -0.25) is 0 Å². The van der Waals surface area contributed by atoms with Gasteiger partial charge in [0.1, 0.15) is 0 Å². The first-order valence-electron chi connectivity index (χ1n) is 4.99. The molecule has 0 atom stereocenters. The number of ether oxygens (including phenoxy) is 1. The third-order valence-corrected chi connectivity index (χ3v) is 1.93. The second kappa shape index (κ2) is 5.24. The minimum atomic E-state index is -0.380. The normalized spacial score (nSPS) is 9.73. The van der Waals surface area contributed by atoms with E-state index >= 15 is 0 Å². The Morgan fingerprint density at radius 3 is 2.80 bits per heavy atom.